The summed E-state index contributed by atoms with van der Waals surface area (Å²) in [6.07, 6.45) is 0. The van der Waals surface area contributed by atoms with E-state index in [0.717, 1.165) is 6.07 Å². The maximum atomic E-state index is 13.6. The van der Waals surface area contributed by atoms with Gasteiger partial charge in [-0.1, -0.05) is 0 Å². The van der Waals surface area contributed by atoms with Crippen LogP contribution in [-0.4, -0.2) is 30.3 Å². The first-order valence-corrected chi connectivity index (χ1v) is 6.47. The zero-order valence-electron chi connectivity index (χ0n) is 12.2. The van der Waals surface area contributed by atoms with E-state index in [1.54, 1.807) is 6.92 Å². The summed E-state index contributed by atoms with van der Waals surface area (Å²) in [6.45, 7) is 5.02. The van der Waals surface area contributed by atoms with Crippen LogP contribution in [0.2, 0.25) is 0 Å². The van der Waals surface area contributed by atoms with Gasteiger partial charge in [-0.2, -0.15) is 0 Å². The van der Waals surface area contributed by atoms with Crippen molar-refractivity contribution in [2.75, 3.05) is 18.5 Å². The third-order valence-electron chi connectivity index (χ3n) is 2.76. The molecule has 0 heterocycles. The Bertz CT molecular complexity index is 532. The lowest BCUT2D eigenvalue weighted by Crippen LogP contribution is -2.40. The number of ether oxygens (including phenoxy) is 1. The molecule has 6 nitrogen and oxygen atoms in total. The average Bonchev–Trinajstić information content (AvgIpc) is 2.40. The zero-order valence-corrected chi connectivity index (χ0v) is 12.2. The summed E-state index contributed by atoms with van der Waals surface area (Å²) in [5, 5.41) is 13.8. The Labute approximate surface area is 122 Å². The third-order valence-corrected chi connectivity index (χ3v) is 2.76. The Hall–Kier alpha value is -2.31. The van der Waals surface area contributed by atoms with Crippen LogP contribution in [0.3, 0.4) is 0 Å². The van der Waals surface area contributed by atoms with E-state index in [2.05, 4.69) is 10.6 Å². The predicted octanol–water partition coefficient (Wildman–Crippen LogP) is 2.46. The number of carbonyl (C=O) groups excluding carboxylic acids is 1. The molecule has 0 aliphatic rings. The molecule has 116 valence electrons. The molecule has 0 aliphatic heterocycles. The van der Waals surface area contributed by atoms with Crippen molar-refractivity contribution in [3.63, 3.8) is 0 Å². The second-order valence-corrected chi connectivity index (χ2v) is 5.07. The molecule has 0 unspecified atom stereocenters. The molecule has 21 heavy (non-hydrogen) atoms. The van der Waals surface area contributed by atoms with Gasteiger partial charge in [0.05, 0.1) is 12.0 Å². The number of nitrogens with one attached hydrogen (secondary N) is 2. The van der Waals surface area contributed by atoms with Crippen molar-refractivity contribution in [3.8, 4) is 5.75 Å². The van der Waals surface area contributed by atoms with E-state index in [9.17, 15) is 14.0 Å². The molecular formula is C14H19FN2O4. The summed E-state index contributed by atoms with van der Waals surface area (Å²) in [7, 11) is 0. The zero-order chi connectivity index (χ0) is 16.0. The smallest absolute Gasteiger partial charge is 0.319 e. The van der Waals surface area contributed by atoms with Crippen LogP contribution >= 0.6 is 0 Å². The molecule has 0 saturated heterocycles. The van der Waals surface area contributed by atoms with Crippen LogP contribution in [-0.2, 0) is 4.79 Å². The second-order valence-electron chi connectivity index (χ2n) is 5.07. The summed E-state index contributed by atoms with van der Waals surface area (Å²) in [5.74, 6) is -1.49. The van der Waals surface area contributed by atoms with Crippen molar-refractivity contribution in [2.45, 2.75) is 20.8 Å². The molecule has 0 radical (unpaired) electrons. The maximum absolute atomic E-state index is 13.6. The van der Waals surface area contributed by atoms with E-state index in [-0.39, 0.29) is 18.0 Å². The van der Waals surface area contributed by atoms with Gasteiger partial charge in [0.1, 0.15) is 0 Å². The highest BCUT2D eigenvalue weighted by Crippen LogP contribution is 2.21. The van der Waals surface area contributed by atoms with E-state index in [0.29, 0.717) is 6.61 Å². The van der Waals surface area contributed by atoms with Gasteiger partial charge in [0.15, 0.2) is 11.6 Å². The number of halogens is 1. The number of anilines is 1. The van der Waals surface area contributed by atoms with E-state index in [1.165, 1.54) is 26.0 Å². The molecule has 0 saturated carbocycles. The van der Waals surface area contributed by atoms with E-state index in [4.69, 9.17) is 9.84 Å². The Morgan fingerprint density at radius 3 is 2.57 bits per heavy atom. The third kappa shape index (κ3) is 4.94. The minimum atomic E-state index is -1.08. The van der Waals surface area contributed by atoms with Crippen LogP contribution < -0.4 is 15.4 Å². The largest absolute Gasteiger partial charge is 0.491 e. The highest BCUT2D eigenvalue weighted by Gasteiger charge is 2.27. The van der Waals surface area contributed by atoms with Crippen molar-refractivity contribution in [2.24, 2.45) is 5.41 Å². The predicted molar refractivity (Wildman–Crippen MR) is 76.0 cm³/mol. The monoisotopic (exact) mass is 298 g/mol. The number of hydrogen-bond donors (Lipinski definition) is 3. The average molecular weight is 298 g/mol. The maximum Gasteiger partial charge on any atom is 0.319 e. The van der Waals surface area contributed by atoms with Crippen molar-refractivity contribution >= 4 is 17.7 Å². The summed E-state index contributed by atoms with van der Waals surface area (Å²) >= 11 is 0. The van der Waals surface area contributed by atoms with Gasteiger partial charge in [-0.05, 0) is 32.9 Å². The first-order valence-electron chi connectivity index (χ1n) is 6.47. The highest BCUT2D eigenvalue weighted by molar-refractivity contribution is 5.89. The van der Waals surface area contributed by atoms with Crippen LogP contribution in [0, 0.1) is 11.2 Å². The Kier molecular flexibility index (Phi) is 5.52. The standard InChI is InChI=1S/C14H19FN2O4/c1-4-21-11-6-5-9(7-10(11)15)17-13(20)16-8-14(2,3)12(18)19/h5-7H,4,8H2,1-3H3,(H,18,19)(H2,16,17,20). The SMILES string of the molecule is CCOc1ccc(NC(=O)NCC(C)(C)C(=O)O)cc1F. The van der Waals surface area contributed by atoms with Gasteiger partial charge in [-0.3, -0.25) is 4.79 Å². The fourth-order valence-corrected chi connectivity index (χ4v) is 1.40. The lowest BCUT2D eigenvalue weighted by Gasteiger charge is -2.19. The van der Waals surface area contributed by atoms with E-state index in [1.807, 2.05) is 0 Å². The number of carbonyl (C=O) groups is 2. The van der Waals surface area contributed by atoms with Gasteiger partial charge in [0.2, 0.25) is 0 Å². The number of benzene rings is 1. The fourth-order valence-electron chi connectivity index (χ4n) is 1.40. The molecule has 1 rings (SSSR count). The quantitative estimate of drug-likeness (QED) is 0.753. The molecule has 1 aromatic carbocycles. The van der Waals surface area contributed by atoms with Crippen molar-refractivity contribution in [1.82, 2.24) is 5.32 Å². The number of rotatable bonds is 6. The summed E-state index contributed by atoms with van der Waals surface area (Å²) < 4.78 is 18.6. The lowest BCUT2D eigenvalue weighted by molar-refractivity contribution is -0.146. The van der Waals surface area contributed by atoms with Gasteiger partial charge < -0.3 is 20.5 Å². The van der Waals surface area contributed by atoms with Crippen LogP contribution in [0.15, 0.2) is 18.2 Å². The number of carboxylic acid groups (broad SMARTS) is 1. The van der Waals surface area contributed by atoms with Gasteiger partial charge in [-0.15, -0.1) is 0 Å². The molecule has 7 heteroatoms. The van der Waals surface area contributed by atoms with Crippen LogP contribution in [0.4, 0.5) is 14.9 Å². The molecule has 1 aromatic rings. The highest BCUT2D eigenvalue weighted by atomic mass is 19.1. The fraction of sp³-hybridized carbons (Fsp3) is 0.429. The first-order chi connectivity index (χ1) is 9.76. The number of carboxylic acids is 1. The number of aliphatic carboxylic acids is 1. The Morgan fingerprint density at radius 1 is 1.38 bits per heavy atom. The summed E-state index contributed by atoms with van der Waals surface area (Å²) in [5.41, 5.74) is -0.830. The molecule has 0 aliphatic carbocycles. The van der Waals surface area contributed by atoms with Crippen molar-refractivity contribution in [1.29, 1.82) is 0 Å². The Morgan fingerprint density at radius 2 is 2.05 bits per heavy atom. The second kappa shape index (κ2) is 6.92. The van der Waals surface area contributed by atoms with Crippen molar-refractivity contribution in [3.05, 3.63) is 24.0 Å². The molecule has 0 fully saturated rings. The number of hydrogen-bond acceptors (Lipinski definition) is 3. The minimum absolute atomic E-state index is 0.0479. The molecule has 0 aromatic heterocycles. The molecule has 0 spiro atoms. The van der Waals surface area contributed by atoms with Gasteiger partial charge in [-0.25, -0.2) is 9.18 Å². The van der Waals surface area contributed by atoms with Crippen LogP contribution in [0.1, 0.15) is 20.8 Å². The van der Waals surface area contributed by atoms with Gasteiger partial charge >= 0.3 is 12.0 Å². The van der Waals surface area contributed by atoms with Crippen LogP contribution in [0.25, 0.3) is 0 Å². The van der Waals surface area contributed by atoms with E-state index < -0.39 is 23.2 Å². The van der Waals surface area contributed by atoms with Gasteiger partial charge in [0.25, 0.3) is 0 Å². The summed E-state index contributed by atoms with van der Waals surface area (Å²) in [6, 6.07) is 3.44. The minimum Gasteiger partial charge on any atom is -0.491 e. The van der Waals surface area contributed by atoms with Crippen LogP contribution in [0.5, 0.6) is 5.75 Å². The van der Waals surface area contributed by atoms with Crippen molar-refractivity contribution < 1.29 is 23.8 Å². The number of amides is 2. The Balaban J connectivity index is 2.59. The first kappa shape index (κ1) is 16.7. The normalized spacial score (nSPS) is 10.9. The summed E-state index contributed by atoms with van der Waals surface area (Å²) in [4.78, 5) is 22.5. The topological polar surface area (TPSA) is 87.7 Å². The lowest BCUT2D eigenvalue weighted by atomic mass is 9.94. The van der Waals surface area contributed by atoms with Gasteiger partial charge in [0, 0.05) is 18.3 Å². The molecular weight excluding hydrogens is 279 g/mol. The molecule has 3 N–H and O–H groups in total. The van der Waals surface area contributed by atoms with E-state index >= 15 is 0 Å². The number of urea groups is 1. The molecule has 0 bridgehead atoms. The molecule has 2 amide bonds. The molecule has 0 atom stereocenters.